The summed E-state index contributed by atoms with van der Waals surface area (Å²) in [5.74, 6) is 7.45. The zero-order valence-corrected chi connectivity index (χ0v) is 19.1. The van der Waals surface area contributed by atoms with Gasteiger partial charge < -0.3 is 0 Å². The van der Waals surface area contributed by atoms with Gasteiger partial charge in [0.15, 0.2) is 5.82 Å². The first-order valence-corrected chi connectivity index (χ1v) is 11.1. The highest BCUT2D eigenvalue weighted by molar-refractivity contribution is 7.15. The van der Waals surface area contributed by atoms with Crippen LogP contribution >= 0.6 is 22.9 Å². The van der Waals surface area contributed by atoms with E-state index < -0.39 is 0 Å². The molecule has 0 fully saturated rings. The quantitative estimate of drug-likeness (QED) is 0.354. The summed E-state index contributed by atoms with van der Waals surface area (Å²) in [7, 11) is 0. The largest absolute Gasteiger partial charge is 0.273 e. The predicted octanol–water partition coefficient (Wildman–Crippen LogP) is 5.44. The van der Waals surface area contributed by atoms with Crippen molar-refractivity contribution in [1.82, 2.24) is 19.7 Å². The first-order chi connectivity index (χ1) is 15.4. The van der Waals surface area contributed by atoms with Crippen molar-refractivity contribution in [3.8, 4) is 16.8 Å². The van der Waals surface area contributed by atoms with Crippen LogP contribution in [0, 0.1) is 31.5 Å². The molecule has 1 aliphatic heterocycles. The normalized spacial score (nSPS) is 14.7. The molecular weight excluding hydrogens is 445 g/mol. The highest BCUT2D eigenvalue weighted by Crippen LogP contribution is 2.38. The molecule has 1 aliphatic rings. The van der Waals surface area contributed by atoms with Crippen molar-refractivity contribution in [2.24, 2.45) is 4.99 Å². The Hall–Kier alpha value is -3.34. The number of halogens is 2. The molecule has 0 amide bonds. The van der Waals surface area contributed by atoms with Gasteiger partial charge in [0.1, 0.15) is 28.4 Å². The molecule has 0 N–H and O–H groups in total. The van der Waals surface area contributed by atoms with E-state index in [1.54, 1.807) is 17.4 Å². The lowest BCUT2D eigenvalue weighted by Gasteiger charge is -2.09. The van der Waals surface area contributed by atoms with Crippen LogP contribution in [0.1, 0.15) is 51.9 Å². The minimum Gasteiger partial charge on any atom is -0.273 e. The third kappa shape index (κ3) is 3.52. The maximum absolute atomic E-state index is 13.2. The Kier molecular flexibility index (Phi) is 5.12. The van der Waals surface area contributed by atoms with Crippen LogP contribution in [0.4, 0.5) is 4.39 Å². The molecule has 0 unspecified atom stereocenters. The van der Waals surface area contributed by atoms with Crippen LogP contribution in [0.2, 0.25) is 5.02 Å². The number of aliphatic imine (C=N–C) groups is 1. The molecule has 3 aromatic heterocycles. The maximum Gasteiger partial charge on any atom is 0.162 e. The molecule has 4 aromatic rings. The summed E-state index contributed by atoms with van der Waals surface area (Å²) in [5.41, 5.74) is 4.37. The second-order valence-electron chi connectivity index (χ2n) is 7.45. The molecule has 4 heterocycles. The molecule has 1 atom stereocenters. The maximum atomic E-state index is 13.2. The minimum atomic E-state index is -0.386. The second-order valence-corrected chi connectivity index (χ2v) is 8.88. The Morgan fingerprint density at radius 3 is 2.56 bits per heavy atom. The minimum absolute atomic E-state index is 0.168. The van der Waals surface area contributed by atoms with Gasteiger partial charge in [-0.3, -0.25) is 9.56 Å². The molecule has 0 aliphatic carbocycles. The van der Waals surface area contributed by atoms with Crippen molar-refractivity contribution in [1.29, 1.82) is 0 Å². The van der Waals surface area contributed by atoms with Crippen molar-refractivity contribution in [3.63, 3.8) is 0 Å². The smallest absolute Gasteiger partial charge is 0.162 e. The summed E-state index contributed by atoms with van der Waals surface area (Å²) in [5, 5.41) is 10.3. The summed E-state index contributed by atoms with van der Waals surface area (Å²) >= 11 is 7.69. The van der Waals surface area contributed by atoms with Gasteiger partial charge in [-0.05, 0) is 62.4 Å². The zero-order valence-electron chi connectivity index (χ0n) is 17.5. The van der Waals surface area contributed by atoms with E-state index in [2.05, 4.69) is 31.6 Å². The van der Waals surface area contributed by atoms with E-state index in [1.165, 1.54) is 12.3 Å². The standard InChI is InChI=1S/C24H17ClFN5S/c1-13-20(11-10-19-9-8-18(26)12-27-19)32-24-21(13)22(16-4-6-17(25)7-5-16)28-14(2)23-30-29-15(3)31(23)24/h4-9,12,14H,1-3H3/t14-/m0/s1. The van der Waals surface area contributed by atoms with Crippen LogP contribution in [0.3, 0.4) is 0 Å². The average molecular weight is 462 g/mol. The van der Waals surface area contributed by atoms with Gasteiger partial charge >= 0.3 is 0 Å². The lowest BCUT2D eigenvalue weighted by Crippen LogP contribution is -2.07. The summed E-state index contributed by atoms with van der Waals surface area (Å²) in [4.78, 5) is 9.95. The van der Waals surface area contributed by atoms with Crippen LogP contribution in [0.5, 0.6) is 0 Å². The number of hydrogen-bond donors (Lipinski definition) is 0. The number of aromatic nitrogens is 4. The highest BCUT2D eigenvalue weighted by Gasteiger charge is 2.29. The number of thiophene rings is 1. The Bertz CT molecular complexity index is 1420. The lowest BCUT2D eigenvalue weighted by atomic mass is 9.99. The number of nitrogens with zero attached hydrogens (tertiary/aromatic N) is 5. The first-order valence-electron chi connectivity index (χ1n) is 9.95. The van der Waals surface area contributed by atoms with E-state index in [9.17, 15) is 4.39 Å². The summed E-state index contributed by atoms with van der Waals surface area (Å²) in [6.07, 6.45) is 1.17. The highest BCUT2D eigenvalue weighted by atomic mass is 35.5. The van der Waals surface area contributed by atoms with Gasteiger partial charge in [0, 0.05) is 16.1 Å². The fraction of sp³-hybridized carbons (Fsp3) is 0.167. The average Bonchev–Trinajstić information content (AvgIpc) is 3.28. The molecule has 1 aromatic carbocycles. The van der Waals surface area contributed by atoms with Crippen LogP contribution in [-0.4, -0.2) is 25.5 Å². The molecule has 8 heteroatoms. The number of hydrogen-bond acceptors (Lipinski definition) is 5. The molecule has 5 rings (SSSR count). The molecule has 158 valence electrons. The van der Waals surface area contributed by atoms with E-state index in [4.69, 9.17) is 16.6 Å². The van der Waals surface area contributed by atoms with Crippen LogP contribution in [-0.2, 0) is 0 Å². The zero-order chi connectivity index (χ0) is 22.4. The Morgan fingerprint density at radius 1 is 1.06 bits per heavy atom. The molecule has 0 spiro atoms. The number of benzene rings is 1. The van der Waals surface area contributed by atoms with Gasteiger partial charge in [-0.2, -0.15) is 0 Å². The SMILES string of the molecule is Cc1c(C#Cc2ccc(F)cn2)sc2c1C(c1ccc(Cl)cc1)=N[C@@H](C)c1nnc(C)n1-2. The first kappa shape index (κ1) is 20.6. The van der Waals surface area contributed by atoms with E-state index in [0.717, 1.165) is 43.9 Å². The van der Waals surface area contributed by atoms with Gasteiger partial charge in [-0.15, -0.1) is 21.5 Å². The number of aryl methyl sites for hydroxylation is 1. The summed E-state index contributed by atoms with van der Waals surface area (Å²) in [6.45, 7) is 5.99. The second kappa shape index (κ2) is 7.97. The fourth-order valence-electron chi connectivity index (χ4n) is 3.67. The number of fused-ring (bicyclic) bond motifs is 3. The molecule has 0 saturated carbocycles. The van der Waals surface area contributed by atoms with Gasteiger partial charge in [0.25, 0.3) is 0 Å². The number of pyridine rings is 1. The number of rotatable bonds is 1. The third-order valence-corrected chi connectivity index (χ3v) is 6.71. The summed E-state index contributed by atoms with van der Waals surface area (Å²) in [6, 6.07) is 10.4. The van der Waals surface area contributed by atoms with Crippen LogP contribution < -0.4 is 0 Å². The predicted molar refractivity (Wildman–Crippen MR) is 124 cm³/mol. The van der Waals surface area contributed by atoms with E-state index in [-0.39, 0.29) is 11.9 Å². The Balaban J connectivity index is 1.72. The Labute approximate surface area is 193 Å². The third-order valence-electron chi connectivity index (χ3n) is 5.26. The van der Waals surface area contributed by atoms with Crippen molar-refractivity contribution in [2.45, 2.75) is 26.8 Å². The molecular formula is C24H17ClFN5S. The van der Waals surface area contributed by atoms with Crippen molar-refractivity contribution in [3.05, 3.63) is 92.3 Å². The molecule has 0 radical (unpaired) electrons. The fourth-order valence-corrected chi connectivity index (χ4v) is 5.01. The van der Waals surface area contributed by atoms with Gasteiger partial charge in [0.05, 0.1) is 16.8 Å². The van der Waals surface area contributed by atoms with Crippen LogP contribution in [0.25, 0.3) is 5.00 Å². The van der Waals surface area contributed by atoms with E-state index in [1.807, 2.05) is 45.0 Å². The van der Waals surface area contributed by atoms with Gasteiger partial charge in [-0.25, -0.2) is 9.37 Å². The topological polar surface area (TPSA) is 56.0 Å². The molecule has 0 bridgehead atoms. The van der Waals surface area contributed by atoms with Crippen LogP contribution in [0.15, 0.2) is 47.6 Å². The Morgan fingerprint density at radius 2 is 1.84 bits per heavy atom. The molecule has 32 heavy (non-hydrogen) atoms. The van der Waals surface area contributed by atoms with Crippen molar-refractivity contribution in [2.75, 3.05) is 0 Å². The monoisotopic (exact) mass is 461 g/mol. The van der Waals surface area contributed by atoms with Gasteiger partial charge in [0.2, 0.25) is 0 Å². The van der Waals surface area contributed by atoms with Gasteiger partial charge in [-0.1, -0.05) is 23.7 Å². The van der Waals surface area contributed by atoms with E-state index in [0.29, 0.717) is 10.7 Å². The molecule has 0 saturated heterocycles. The lowest BCUT2D eigenvalue weighted by molar-refractivity contribution is 0.621. The molecule has 5 nitrogen and oxygen atoms in total. The van der Waals surface area contributed by atoms with Crippen molar-refractivity contribution >= 4 is 28.6 Å². The van der Waals surface area contributed by atoms with Crippen molar-refractivity contribution < 1.29 is 4.39 Å². The van der Waals surface area contributed by atoms with E-state index >= 15 is 0 Å². The summed E-state index contributed by atoms with van der Waals surface area (Å²) < 4.78 is 15.2.